The zero-order chi connectivity index (χ0) is 14.8. The average molecular weight is 366 g/mol. The van der Waals surface area contributed by atoms with Crippen LogP contribution in [0.1, 0.15) is 10.4 Å². The lowest BCUT2D eigenvalue weighted by Crippen LogP contribution is -2.17. The highest BCUT2D eigenvalue weighted by Crippen LogP contribution is 2.26. The largest absolute Gasteiger partial charge is 0.573 e. The van der Waals surface area contributed by atoms with E-state index in [-0.39, 0.29) is 11.4 Å². The van der Waals surface area contributed by atoms with E-state index in [1.54, 1.807) is 11.4 Å². The van der Waals surface area contributed by atoms with Crippen molar-refractivity contribution in [3.63, 3.8) is 0 Å². The molecule has 0 atom stereocenters. The molecule has 0 spiro atoms. The molecule has 1 aromatic heterocycles. The molecule has 20 heavy (non-hydrogen) atoms. The Kier molecular flexibility index (Phi) is 4.34. The maximum atomic E-state index is 12.1. The third-order valence-corrected chi connectivity index (χ3v) is 3.66. The maximum Gasteiger partial charge on any atom is 0.573 e. The number of hydrogen-bond donors (Lipinski definition) is 1. The lowest BCUT2D eigenvalue weighted by molar-refractivity contribution is -0.274. The minimum absolute atomic E-state index is 0.221. The van der Waals surface area contributed by atoms with E-state index in [9.17, 15) is 18.0 Å². The number of amides is 1. The quantitative estimate of drug-likeness (QED) is 0.858. The van der Waals surface area contributed by atoms with Crippen molar-refractivity contribution < 1.29 is 22.7 Å². The van der Waals surface area contributed by atoms with Crippen molar-refractivity contribution in [2.75, 3.05) is 5.32 Å². The Balaban J connectivity index is 2.10. The summed E-state index contributed by atoms with van der Waals surface area (Å²) in [5, 5.41) is 4.13. The van der Waals surface area contributed by atoms with Crippen molar-refractivity contribution >= 4 is 38.9 Å². The molecule has 106 valence electrons. The highest BCUT2D eigenvalue weighted by atomic mass is 79.9. The van der Waals surface area contributed by atoms with Crippen LogP contribution < -0.4 is 10.1 Å². The second-order valence-corrected chi connectivity index (χ2v) is 5.96. The normalized spacial score (nSPS) is 11.2. The molecular formula is C12H7BrF3NO2S. The summed E-state index contributed by atoms with van der Waals surface area (Å²) >= 11 is 4.56. The Morgan fingerprint density at radius 2 is 2.05 bits per heavy atom. The fraction of sp³-hybridized carbons (Fsp3) is 0.0833. The zero-order valence-electron chi connectivity index (χ0n) is 9.70. The Bertz CT molecular complexity index is 627. The number of halogens is 4. The average Bonchev–Trinajstić information content (AvgIpc) is 2.74. The van der Waals surface area contributed by atoms with E-state index in [1.165, 1.54) is 23.5 Å². The first kappa shape index (κ1) is 14.9. The number of rotatable bonds is 3. The van der Waals surface area contributed by atoms with Crippen molar-refractivity contribution in [2.45, 2.75) is 6.36 Å². The number of carbonyl (C=O) groups is 1. The van der Waals surface area contributed by atoms with Crippen LogP contribution in [-0.4, -0.2) is 12.3 Å². The molecular weight excluding hydrogens is 359 g/mol. The summed E-state index contributed by atoms with van der Waals surface area (Å²) in [5.74, 6) is -0.794. The molecule has 0 fully saturated rings. The molecule has 0 saturated heterocycles. The monoisotopic (exact) mass is 365 g/mol. The van der Waals surface area contributed by atoms with Gasteiger partial charge in [-0.3, -0.25) is 4.79 Å². The van der Waals surface area contributed by atoms with E-state index >= 15 is 0 Å². The fourth-order valence-electron chi connectivity index (χ4n) is 1.40. The van der Waals surface area contributed by atoms with Gasteiger partial charge in [0.25, 0.3) is 5.91 Å². The number of benzene rings is 1. The molecule has 0 radical (unpaired) electrons. The smallest absolute Gasteiger partial charge is 0.406 e. The van der Waals surface area contributed by atoms with Gasteiger partial charge in [0.2, 0.25) is 0 Å². The van der Waals surface area contributed by atoms with Gasteiger partial charge in [-0.25, -0.2) is 0 Å². The predicted molar refractivity (Wildman–Crippen MR) is 73.1 cm³/mol. The molecule has 3 nitrogen and oxygen atoms in total. The predicted octanol–water partition coefficient (Wildman–Crippen LogP) is 4.66. The minimum atomic E-state index is -4.76. The number of nitrogens with one attached hydrogen (secondary N) is 1. The Labute approximate surface area is 124 Å². The van der Waals surface area contributed by atoms with Crippen molar-refractivity contribution in [3.8, 4) is 5.75 Å². The van der Waals surface area contributed by atoms with E-state index in [1.807, 2.05) is 0 Å². The Morgan fingerprint density at radius 3 is 2.65 bits per heavy atom. The molecule has 1 heterocycles. The maximum absolute atomic E-state index is 12.1. The Hall–Kier alpha value is -1.54. The molecule has 0 aliphatic heterocycles. The lowest BCUT2D eigenvalue weighted by Gasteiger charge is -2.10. The molecule has 0 saturated carbocycles. The molecule has 1 amide bonds. The molecule has 0 unspecified atom stereocenters. The highest BCUT2D eigenvalue weighted by molar-refractivity contribution is 9.11. The van der Waals surface area contributed by atoms with Gasteiger partial charge in [0.05, 0.1) is 9.35 Å². The molecule has 2 aromatic rings. The number of thiophene rings is 1. The molecule has 8 heteroatoms. The standard InChI is InChI=1S/C12H7BrF3NO2S/c13-10-4-7(6-20-10)11(18)17-8-2-1-3-9(5-8)19-12(14,15)16/h1-6H,(H,17,18). The summed E-state index contributed by atoms with van der Waals surface area (Å²) in [6, 6.07) is 6.72. The van der Waals surface area contributed by atoms with Gasteiger partial charge in [-0.15, -0.1) is 24.5 Å². The Morgan fingerprint density at radius 1 is 1.30 bits per heavy atom. The van der Waals surface area contributed by atoms with Crippen LogP contribution >= 0.6 is 27.3 Å². The van der Waals surface area contributed by atoms with Crippen LogP contribution in [0.2, 0.25) is 0 Å². The van der Waals surface area contributed by atoms with Crippen LogP contribution in [0.25, 0.3) is 0 Å². The van der Waals surface area contributed by atoms with Gasteiger partial charge in [-0.05, 0) is 34.1 Å². The number of anilines is 1. The third-order valence-electron chi connectivity index (χ3n) is 2.16. The highest BCUT2D eigenvalue weighted by Gasteiger charge is 2.31. The van der Waals surface area contributed by atoms with Gasteiger partial charge >= 0.3 is 6.36 Å². The third kappa shape index (κ3) is 4.24. The SMILES string of the molecule is O=C(Nc1cccc(OC(F)(F)F)c1)c1csc(Br)c1. The van der Waals surface area contributed by atoms with Gasteiger partial charge in [-0.1, -0.05) is 6.07 Å². The number of carbonyl (C=O) groups excluding carboxylic acids is 1. The number of hydrogen-bond acceptors (Lipinski definition) is 3. The van der Waals surface area contributed by atoms with Crippen molar-refractivity contribution in [2.24, 2.45) is 0 Å². The first-order valence-electron chi connectivity index (χ1n) is 5.25. The zero-order valence-corrected chi connectivity index (χ0v) is 12.1. The van der Waals surface area contributed by atoms with Crippen LogP contribution in [0.4, 0.5) is 18.9 Å². The number of ether oxygens (including phenoxy) is 1. The van der Waals surface area contributed by atoms with Crippen molar-refractivity contribution in [1.29, 1.82) is 0 Å². The second-order valence-electron chi connectivity index (χ2n) is 3.67. The second kappa shape index (κ2) is 5.84. The van der Waals surface area contributed by atoms with Crippen LogP contribution in [0.15, 0.2) is 39.5 Å². The molecule has 0 aliphatic rings. The van der Waals surface area contributed by atoms with E-state index in [0.717, 1.165) is 15.9 Å². The molecule has 1 N–H and O–H groups in total. The van der Waals surface area contributed by atoms with Crippen LogP contribution in [-0.2, 0) is 0 Å². The minimum Gasteiger partial charge on any atom is -0.406 e. The van der Waals surface area contributed by atoms with Crippen LogP contribution in [0, 0.1) is 0 Å². The molecule has 0 aliphatic carbocycles. The van der Waals surface area contributed by atoms with Gasteiger partial charge in [-0.2, -0.15) is 0 Å². The van der Waals surface area contributed by atoms with E-state index < -0.39 is 12.3 Å². The van der Waals surface area contributed by atoms with E-state index in [0.29, 0.717) is 5.56 Å². The van der Waals surface area contributed by atoms with Crippen LogP contribution in [0.5, 0.6) is 5.75 Å². The van der Waals surface area contributed by atoms with Crippen LogP contribution in [0.3, 0.4) is 0 Å². The van der Waals surface area contributed by atoms with Crippen molar-refractivity contribution in [1.82, 2.24) is 0 Å². The summed E-state index contributed by atoms with van der Waals surface area (Å²) in [5.41, 5.74) is 0.642. The summed E-state index contributed by atoms with van der Waals surface area (Å²) in [4.78, 5) is 11.8. The molecule has 2 rings (SSSR count). The molecule has 1 aromatic carbocycles. The summed E-state index contributed by atoms with van der Waals surface area (Å²) in [7, 11) is 0. The number of alkyl halides is 3. The molecule has 0 bridgehead atoms. The summed E-state index contributed by atoms with van der Waals surface area (Å²) in [6.07, 6.45) is -4.76. The van der Waals surface area contributed by atoms with Gasteiger partial charge in [0, 0.05) is 17.1 Å². The van der Waals surface area contributed by atoms with Crippen molar-refractivity contribution in [3.05, 3.63) is 45.1 Å². The topological polar surface area (TPSA) is 38.3 Å². The summed E-state index contributed by atoms with van der Waals surface area (Å²) in [6.45, 7) is 0. The first-order valence-corrected chi connectivity index (χ1v) is 6.92. The van der Waals surface area contributed by atoms with E-state index in [4.69, 9.17) is 0 Å². The first-order chi connectivity index (χ1) is 9.33. The van der Waals surface area contributed by atoms with Gasteiger partial charge in [0.15, 0.2) is 0 Å². The van der Waals surface area contributed by atoms with Gasteiger partial charge in [0.1, 0.15) is 5.75 Å². The fourth-order valence-corrected chi connectivity index (χ4v) is 2.54. The summed E-state index contributed by atoms with van der Waals surface area (Å²) < 4.78 is 40.8. The lowest BCUT2D eigenvalue weighted by atomic mass is 10.2. The van der Waals surface area contributed by atoms with Gasteiger partial charge < -0.3 is 10.1 Å². The van der Waals surface area contributed by atoms with E-state index in [2.05, 4.69) is 26.0 Å².